The molecule has 9 heteroatoms. The molecule has 0 unspecified atom stereocenters. The van der Waals surface area contributed by atoms with Crippen molar-refractivity contribution in [3.8, 4) is 0 Å². The number of aliphatic carboxylic acids is 1. The molecule has 1 aromatic rings. The number of methoxy groups -OCH3 is 1. The van der Waals surface area contributed by atoms with Crippen molar-refractivity contribution < 1.29 is 24.2 Å². The Bertz CT molecular complexity index is 499. The summed E-state index contributed by atoms with van der Waals surface area (Å²) in [6.07, 6.45) is 2.57. The van der Waals surface area contributed by atoms with Gasteiger partial charge in [0.15, 0.2) is 0 Å². The lowest BCUT2D eigenvalue weighted by Crippen LogP contribution is -2.44. The SMILES string of the molecule is CCn1cc(NC(=O)N[C@@H](CC(=O)OC)C(=O)O)cn1. The Morgan fingerprint density at radius 1 is 1.50 bits per heavy atom. The van der Waals surface area contributed by atoms with Gasteiger partial charge in [0.25, 0.3) is 0 Å². The smallest absolute Gasteiger partial charge is 0.326 e. The highest BCUT2D eigenvalue weighted by Crippen LogP contribution is 2.04. The first-order valence-corrected chi connectivity index (χ1v) is 5.85. The van der Waals surface area contributed by atoms with Gasteiger partial charge in [-0.05, 0) is 6.92 Å². The minimum absolute atomic E-state index is 0.423. The average Bonchev–Trinajstić information content (AvgIpc) is 2.85. The molecule has 9 nitrogen and oxygen atoms in total. The van der Waals surface area contributed by atoms with Crippen LogP contribution in [-0.2, 0) is 20.9 Å². The second-order valence-electron chi connectivity index (χ2n) is 3.85. The molecule has 110 valence electrons. The molecular formula is C11H16N4O5. The first kappa shape index (κ1) is 15.5. The van der Waals surface area contributed by atoms with Gasteiger partial charge in [-0.3, -0.25) is 9.48 Å². The monoisotopic (exact) mass is 284 g/mol. The van der Waals surface area contributed by atoms with E-state index in [1.165, 1.54) is 6.20 Å². The van der Waals surface area contributed by atoms with E-state index in [1.54, 1.807) is 10.9 Å². The molecule has 0 fully saturated rings. The number of ether oxygens (including phenoxy) is 1. The van der Waals surface area contributed by atoms with Crippen LogP contribution in [0.2, 0.25) is 0 Å². The van der Waals surface area contributed by atoms with E-state index in [0.717, 1.165) is 7.11 Å². The number of anilines is 1. The van der Waals surface area contributed by atoms with Gasteiger partial charge in [-0.2, -0.15) is 5.10 Å². The number of rotatable bonds is 6. The zero-order valence-electron chi connectivity index (χ0n) is 11.1. The first-order valence-electron chi connectivity index (χ1n) is 5.85. The fourth-order valence-electron chi connectivity index (χ4n) is 1.38. The summed E-state index contributed by atoms with van der Waals surface area (Å²) in [4.78, 5) is 33.6. The topological polar surface area (TPSA) is 123 Å². The van der Waals surface area contributed by atoms with Crippen molar-refractivity contribution in [1.82, 2.24) is 15.1 Å². The van der Waals surface area contributed by atoms with E-state index in [0.29, 0.717) is 12.2 Å². The average molecular weight is 284 g/mol. The third kappa shape index (κ3) is 4.59. The molecule has 20 heavy (non-hydrogen) atoms. The normalized spacial score (nSPS) is 11.5. The molecule has 0 spiro atoms. The molecule has 1 rings (SSSR count). The summed E-state index contributed by atoms with van der Waals surface area (Å²) < 4.78 is 5.96. The minimum atomic E-state index is -1.36. The number of nitrogens with zero attached hydrogens (tertiary/aromatic N) is 2. The molecule has 2 amide bonds. The number of hydrogen-bond donors (Lipinski definition) is 3. The van der Waals surface area contributed by atoms with Crippen LogP contribution in [-0.4, -0.2) is 46.0 Å². The maximum atomic E-state index is 11.6. The molecule has 0 bridgehead atoms. The third-order valence-electron chi connectivity index (χ3n) is 2.42. The van der Waals surface area contributed by atoms with E-state index in [1.807, 2.05) is 6.92 Å². The highest BCUT2D eigenvalue weighted by Gasteiger charge is 2.23. The van der Waals surface area contributed by atoms with Crippen LogP contribution in [0.15, 0.2) is 12.4 Å². The molecule has 0 saturated heterocycles. The number of urea groups is 1. The van der Waals surface area contributed by atoms with E-state index in [2.05, 4.69) is 20.5 Å². The van der Waals surface area contributed by atoms with Gasteiger partial charge < -0.3 is 20.5 Å². The number of carbonyl (C=O) groups excluding carboxylic acids is 2. The van der Waals surface area contributed by atoms with Crippen molar-refractivity contribution in [2.45, 2.75) is 25.9 Å². The number of carboxylic acid groups (broad SMARTS) is 1. The lowest BCUT2D eigenvalue weighted by molar-refractivity contribution is -0.147. The Labute approximate surface area is 114 Å². The van der Waals surface area contributed by atoms with Gasteiger partial charge in [0, 0.05) is 12.7 Å². The maximum absolute atomic E-state index is 11.6. The molecule has 0 aliphatic rings. The van der Waals surface area contributed by atoms with E-state index in [4.69, 9.17) is 5.11 Å². The van der Waals surface area contributed by atoms with Gasteiger partial charge in [-0.25, -0.2) is 9.59 Å². The number of aryl methyl sites for hydroxylation is 1. The van der Waals surface area contributed by atoms with Crippen molar-refractivity contribution in [3.05, 3.63) is 12.4 Å². The molecule has 3 N–H and O–H groups in total. The van der Waals surface area contributed by atoms with Crippen molar-refractivity contribution >= 4 is 23.7 Å². The summed E-state index contributed by atoms with van der Waals surface area (Å²) in [7, 11) is 1.14. The largest absolute Gasteiger partial charge is 0.480 e. The molecule has 1 aromatic heterocycles. The lowest BCUT2D eigenvalue weighted by Gasteiger charge is -2.13. The zero-order valence-corrected chi connectivity index (χ0v) is 11.1. The van der Waals surface area contributed by atoms with E-state index in [-0.39, 0.29) is 0 Å². The number of hydrogen-bond acceptors (Lipinski definition) is 5. The van der Waals surface area contributed by atoms with Crippen molar-refractivity contribution in [1.29, 1.82) is 0 Å². The van der Waals surface area contributed by atoms with Crippen LogP contribution >= 0.6 is 0 Å². The van der Waals surface area contributed by atoms with Gasteiger partial charge in [0.05, 0.1) is 25.4 Å². The third-order valence-corrected chi connectivity index (χ3v) is 2.42. The summed E-state index contributed by atoms with van der Waals surface area (Å²) in [5.74, 6) is -2.05. The van der Waals surface area contributed by atoms with Crippen LogP contribution in [0.3, 0.4) is 0 Å². The second-order valence-corrected chi connectivity index (χ2v) is 3.85. The second kappa shape index (κ2) is 7.12. The van der Waals surface area contributed by atoms with Crippen molar-refractivity contribution in [2.24, 2.45) is 0 Å². The molecule has 0 aromatic carbocycles. The molecule has 0 aliphatic heterocycles. The van der Waals surface area contributed by atoms with Crippen LogP contribution in [0.1, 0.15) is 13.3 Å². The summed E-state index contributed by atoms with van der Waals surface area (Å²) in [6.45, 7) is 2.52. The standard InChI is InChI=1S/C11H16N4O5/c1-3-15-6-7(5-12-15)13-11(19)14-8(10(17)18)4-9(16)20-2/h5-6,8H,3-4H2,1-2H3,(H,17,18)(H2,13,14,19)/t8-/m0/s1. The Morgan fingerprint density at radius 2 is 2.20 bits per heavy atom. The summed E-state index contributed by atoms with van der Waals surface area (Å²) in [5, 5.41) is 17.4. The molecular weight excluding hydrogens is 268 g/mol. The number of esters is 1. The Kier molecular flexibility index (Phi) is 5.51. The number of amides is 2. The molecule has 1 heterocycles. The number of carboxylic acids is 1. The van der Waals surface area contributed by atoms with Gasteiger partial charge in [0.1, 0.15) is 6.04 Å². The van der Waals surface area contributed by atoms with Gasteiger partial charge in [0.2, 0.25) is 0 Å². The fourth-order valence-corrected chi connectivity index (χ4v) is 1.38. The predicted molar refractivity (Wildman–Crippen MR) is 68.1 cm³/mol. The van der Waals surface area contributed by atoms with Gasteiger partial charge in [-0.15, -0.1) is 0 Å². The van der Waals surface area contributed by atoms with Crippen LogP contribution in [0, 0.1) is 0 Å². The van der Waals surface area contributed by atoms with Crippen molar-refractivity contribution in [3.63, 3.8) is 0 Å². The van der Waals surface area contributed by atoms with E-state index < -0.39 is 30.4 Å². The predicted octanol–water partition coefficient (Wildman–Crippen LogP) is 0.0408. The maximum Gasteiger partial charge on any atom is 0.326 e. The van der Waals surface area contributed by atoms with Gasteiger partial charge in [-0.1, -0.05) is 0 Å². The molecule has 0 aliphatic carbocycles. The van der Waals surface area contributed by atoms with Gasteiger partial charge >= 0.3 is 18.0 Å². The van der Waals surface area contributed by atoms with Crippen LogP contribution < -0.4 is 10.6 Å². The Balaban J connectivity index is 2.57. The fraction of sp³-hybridized carbons (Fsp3) is 0.455. The molecule has 0 saturated carbocycles. The number of carbonyl (C=O) groups is 3. The Hall–Kier alpha value is -2.58. The van der Waals surface area contributed by atoms with E-state index >= 15 is 0 Å². The highest BCUT2D eigenvalue weighted by atomic mass is 16.5. The number of aromatic nitrogens is 2. The zero-order chi connectivity index (χ0) is 15.1. The van der Waals surface area contributed by atoms with Crippen LogP contribution in [0.5, 0.6) is 0 Å². The molecule has 1 atom stereocenters. The molecule has 0 radical (unpaired) electrons. The summed E-state index contributed by atoms with van der Waals surface area (Å²) >= 11 is 0. The summed E-state index contributed by atoms with van der Waals surface area (Å²) in [5.41, 5.74) is 0.423. The quantitative estimate of drug-likeness (QED) is 0.634. The lowest BCUT2D eigenvalue weighted by atomic mass is 10.2. The first-order chi connectivity index (χ1) is 9.46. The van der Waals surface area contributed by atoms with E-state index in [9.17, 15) is 14.4 Å². The Morgan fingerprint density at radius 3 is 2.70 bits per heavy atom. The van der Waals surface area contributed by atoms with Crippen molar-refractivity contribution in [2.75, 3.05) is 12.4 Å². The minimum Gasteiger partial charge on any atom is -0.480 e. The number of nitrogens with one attached hydrogen (secondary N) is 2. The van der Waals surface area contributed by atoms with Crippen LogP contribution in [0.25, 0.3) is 0 Å². The highest BCUT2D eigenvalue weighted by molar-refractivity contribution is 5.93. The summed E-state index contributed by atoms with van der Waals surface area (Å²) in [6, 6.07) is -2.10. The van der Waals surface area contributed by atoms with Crippen LogP contribution in [0.4, 0.5) is 10.5 Å².